The molecule has 2 aromatic carbocycles. The molecule has 0 aliphatic heterocycles. The van der Waals surface area contributed by atoms with E-state index in [4.69, 9.17) is 15.0 Å². The Morgan fingerprint density at radius 1 is 1.19 bits per heavy atom. The third kappa shape index (κ3) is 4.47. The van der Waals surface area contributed by atoms with Crippen molar-refractivity contribution in [1.82, 2.24) is 10.1 Å². The molecular weight excluding hydrogens is 330 g/mol. The van der Waals surface area contributed by atoms with E-state index in [-0.39, 0.29) is 0 Å². The van der Waals surface area contributed by atoms with Crippen LogP contribution >= 0.6 is 0 Å². The number of ether oxygens (including phenoxy) is 1. The molecule has 1 amide bonds. The van der Waals surface area contributed by atoms with Crippen molar-refractivity contribution in [3.05, 3.63) is 65.5 Å². The number of carbonyl (C=O) groups is 1. The smallest absolute Gasteiger partial charge is 0.248 e. The molecule has 26 heavy (non-hydrogen) atoms. The van der Waals surface area contributed by atoms with E-state index in [9.17, 15) is 4.79 Å². The van der Waals surface area contributed by atoms with Gasteiger partial charge in [0.15, 0.2) is 0 Å². The number of hydrogen-bond acceptors (Lipinski definition) is 5. The highest BCUT2D eigenvalue weighted by atomic mass is 16.5. The SMILES string of the molecule is CCCCc1nc(-c2ccc(OCc3cccc(C(N)=O)c3)cc2)no1. The number of benzene rings is 2. The molecule has 2 N–H and O–H groups in total. The maximum Gasteiger partial charge on any atom is 0.248 e. The Morgan fingerprint density at radius 3 is 2.73 bits per heavy atom. The van der Waals surface area contributed by atoms with Gasteiger partial charge in [-0.15, -0.1) is 0 Å². The summed E-state index contributed by atoms with van der Waals surface area (Å²) in [4.78, 5) is 15.6. The second-order valence-electron chi connectivity index (χ2n) is 5.99. The summed E-state index contributed by atoms with van der Waals surface area (Å²) in [7, 11) is 0. The van der Waals surface area contributed by atoms with Crippen LogP contribution in [0.3, 0.4) is 0 Å². The Balaban J connectivity index is 1.62. The van der Waals surface area contributed by atoms with E-state index in [1.807, 2.05) is 30.3 Å². The number of unbranched alkanes of at least 4 members (excludes halogenated alkanes) is 1. The van der Waals surface area contributed by atoms with Crippen LogP contribution in [0.25, 0.3) is 11.4 Å². The van der Waals surface area contributed by atoms with Crippen LogP contribution in [0.5, 0.6) is 5.75 Å². The predicted molar refractivity (Wildman–Crippen MR) is 97.6 cm³/mol. The Kier molecular flexibility index (Phi) is 5.63. The number of amides is 1. The summed E-state index contributed by atoms with van der Waals surface area (Å²) in [5.74, 6) is 1.51. The first-order chi connectivity index (χ1) is 12.7. The standard InChI is InChI=1S/C20H21N3O3/c1-2-3-7-18-22-20(23-26-18)15-8-10-17(11-9-15)25-13-14-5-4-6-16(12-14)19(21)24/h4-6,8-12H,2-3,7,13H2,1H3,(H2,21,24). The largest absolute Gasteiger partial charge is 0.489 e. The summed E-state index contributed by atoms with van der Waals surface area (Å²) in [6, 6.07) is 14.6. The van der Waals surface area contributed by atoms with Gasteiger partial charge in [0, 0.05) is 17.5 Å². The maximum atomic E-state index is 11.2. The highest BCUT2D eigenvalue weighted by Gasteiger charge is 2.08. The monoisotopic (exact) mass is 351 g/mol. The molecule has 1 aromatic heterocycles. The van der Waals surface area contributed by atoms with Crippen molar-refractivity contribution in [2.75, 3.05) is 0 Å². The van der Waals surface area contributed by atoms with Crippen molar-refractivity contribution >= 4 is 5.91 Å². The molecule has 0 fully saturated rings. The fraction of sp³-hybridized carbons (Fsp3) is 0.250. The van der Waals surface area contributed by atoms with Crippen LogP contribution in [-0.2, 0) is 13.0 Å². The quantitative estimate of drug-likeness (QED) is 0.667. The van der Waals surface area contributed by atoms with Crippen LogP contribution in [0, 0.1) is 0 Å². The van der Waals surface area contributed by atoms with Gasteiger partial charge in [0.25, 0.3) is 0 Å². The van der Waals surface area contributed by atoms with Gasteiger partial charge in [0.2, 0.25) is 17.6 Å². The van der Waals surface area contributed by atoms with Crippen LogP contribution in [0.4, 0.5) is 0 Å². The van der Waals surface area contributed by atoms with Crippen molar-refractivity contribution in [2.24, 2.45) is 5.73 Å². The number of aromatic nitrogens is 2. The minimum atomic E-state index is -0.449. The first-order valence-electron chi connectivity index (χ1n) is 8.60. The van der Waals surface area contributed by atoms with Gasteiger partial charge in [-0.1, -0.05) is 30.6 Å². The molecule has 3 aromatic rings. The number of nitrogens with two attached hydrogens (primary N) is 1. The van der Waals surface area contributed by atoms with Gasteiger partial charge in [-0.2, -0.15) is 4.98 Å². The van der Waals surface area contributed by atoms with E-state index in [0.717, 1.165) is 30.4 Å². The van der Waals surface area contributed by atoms with E-state index in [2.05, 4.69) is 17.1 Å². The molecule has 0 aliphatic carbocycles. The average Bonchev–Trinajstić information content (AvgIpc) is 3.14. The van der Waals surface area contributed by atoms with Crippen LogP contribution < -0.4 is 10.5 Å². The average molecular weight is 351 g/mol. The Labute approximate surface area is 152 Å². The minimum Gasteiger partial charge on any atom is -0.489 e. The summed E-state index contributed by atoms with van der Waals surface area (Å²) < 4.78 is 11.0. The summed E-state index contributed by atoms with van der Waals surface area (Å²) >= 11 is 0. The lowest BCUT2D eigenvalue weighted by Gasteiger charge is -2.07. The van der Waals surface area contributed by atoms with E-state index in [1.54, 1.807) is 18.2 Å². The lowest BCUT2D eigenvalue weighted by Crippen LogP contribution is -2.11. The van der Waals surface area contributed by atoms with Gasteiger partial charge in [-0.3, -0.25) is 4.79 Å². The zero-order valence-corrected chi connectivity index (χ0v) is 14.6. The number of aryl methyl sites for hydroxylation is 1. The second kappa shape index (κ2) is 8.29. The number of rotatable bonds is 8. The van der Waals surface area contributed by atoms with Crippen molar-refractivity contribution in [1.29, 1.82) is 0 Å². The molecule has 6 heteroatoms. The molecular formula is C20H21N3O3. The molecule has 0 bridgehead atoms. The van der Waals surface area contributed by atoms with Crippen LogP contribution in [0.1, 0.15) is 41.6 Å². The zero-order valence-electron chi connectivity index (χ0n) is 14.6. The molecule has 0 atom stereocenters. The highest BCUT2D eigenvalue weighted by molar-refractivity contribution is 5.92. The minimum absolute atomic E-state index is 0.351. The second-order valence-corrected chi connectivity index (χ2v) is 5.99. The van der Waals surface area contributed by atoms with Crippen molar-refractivity contribution in [3.8, 4) is 17.1 Å². The Hall–Kier alpha value is -3.15. The number of nitrogens with zero attached hydrogens (tertiary/aromatic N) is 2. The van der Waals surface area contributed by atoms with Gasteiger partial charge >= 0.3 is 0 Å². The van der Waals surface area contributed by atoms with E-state index in [0.29, 0.717) is 29.6 Å². The van der Waals surface area contributed by atoms with Crippen LogP contribution in [0.2, 0.25) is 0 Å². The fourth-order valence-corrected chi connectivity index (χ4v) is 2.48. The van der Waals surface area contributed by atoms with Gasteiger partial charge in [-0.25, -0.2) is 0 Å². The third-order valence-corrected chi connectivity index (χ3v) is 3.94. The molecule has 3 rings (SSSR count). The number of hydrogen-bond donors (Lipinski definition) is 1. The van der Waals surface area contributed by atoms with Gasteiger partial charge in [0.1, 0.15) is 12.4 Å². The third-order valence-electron chi connectivity index (χ3n) is 3.94. The summed E-state index contributed by atoms with van der Waals surface area (Å²) in [6.45, 7) is 2.48. The Morgan fingerprint density at radius 2 is 2.00 bits per heavy atom. The Bertz CT molecular complexity index is 872. The van der Waals surface area contributed by atoms with E-state index >= 15 is 0 Å². The number of carbonyl (C=O) groups excluding carboxylic acids is 1. The topological polar surface area (TPSA) is 91.2 Å². The fourth-order valence-electron chi connectivity index (χ4n) is 2.48. The predicted octanol–water partition coefficient (Wildman–Crippen LogP) is 3.76. The van der Waals surface area contributed by atoms with Gasteiger partial charge < -0.3 is 15.0 Å². The molecule has 6 nitrogen and oxygen atoms in total. The first kappa shape index (κ1) is 17.7. The molecule has 0 aliphatic rings. The van der Waals surface area contributed by atoms with Crippen molar-refractivity contribution in [2.45, 2.75) is 32.8 Å². The summed E-state index contributed by atoms with van der Waals surface area (Å²) in [6.07, 6.45) is 2.92. The van der Waals surface area contributed by atoms with Gasteiger partial charge in [-0.05, 0) is 48.4 Å². The normalized spacial score (nSPS) is 10.7. The lowest BCUT2D eigenvalue weighted by atomic mass is 10.1. The van der Waals surface area contributed by atoms with Crippen molar-refractivity contribution < 1.29 is 14.1 Å². The first-order valence-corrected chi connectivity index (χ1v) is 8.60. The molecule has 0 radical (unpaired) electrons. The van der Waals surface area contributed by atoms with E-state index in [1.165, 1.54) is 0 Å². The van der Waals surface area contributed by atoms with Crippen LogP contribution in [-0.4, -0.2) is 16.0 Å². The van der Waals surface area contributed by atoms with Crippen molar-refractivity contribution in [3.63, 3.8) is 0 Å². The molecule has 0 unspecified atom stereocenters. The molecule has 0 spiro atoms. The zero-order chi connectivity index (χ0) is 18.4. The summed E-state index contributed by atoms with van der Waals surface area (Å²) in [5.41, 5.74) is 7.51. The molecule has 0 saturated heterocycles. The van der Waals surface area contributed by atoms with Gasteiger partial charge in [0.05, 0.1) is 0 Å². The highest BCUT2D eigenvalue weighted by Crippen LogP contribution is 2.21. The summed E-state index contributed by atoms with van der Waals surface area (Å²) in [5, 5.41) is 4.02. The molecule has 0 saturated carbocycles. The van der Waals surface area contributed by atoms with E-state index < -0.39 is 5.91 Å². The molecule has 1 heterocycles. The number of primary amides is 1. The maximum absolute atomic E-state index is 11.2. The molecule has 134 valence electrons. The van der Waals surface area contributed by atoms with Crippen LogP contribution in [0.15, 0.2) is 53.1 Å². The lowest BCUT2D eigenvalue weighted by molar-refractivity contribution is 0.1000.